The minimum Gasteiger partial charge on any atom is -0.382 e. The van der Waals surface area contributed by atoms with Gasteiger partial charge in [0.15, 0.2) is 0 Å². The van der Waals surface area contributed by atoms with Gasteiger partial charge in [-0.3, -0.25) is 9.59 Å². The average molecular weight is 198 g/mol. The van der Waals surface area contributed by atoms with Gasteiger partial charge in [-0.1, -0.05) is 0 Å². The predicted molar refractivity (Wildman–Crippen MR) is 48.5 cm³/mol. The highest BCUT2D eigenvalue weighted by Crippen LogP contribution is 2.25. The van der Waals surface area contributed by atoms with E-state index >= 15 is 0 Å². The molecule has 3 saturated heterocycles. The van der Waals surface area contributed by atoms with Crippen molar-refractivity contribution in [2.45, 2.75) is 30.8 Å². The lowest BCUT2D eigenvalue weighted by molar-refractivity contribution is -0.142. The summed E-state index contributed by atoms with van der Waals surface area (Å²) in [6.45, 7) is 0.247. The molecule has 0 radical (unpaired) electrons. The van der Waals surface area contributed by atoms with Gasteiger partial charge in [0.25, 0.3) is 0 Å². The zero-order valence-electron chi connectivity index (χ0n) is 8.13. The second-order valence-corrected chi connectivity index (χ2v) is 3.92. The molecule has 3 fully saturated rings. The molecular formula is C9H14N2O3. The molecule has 5 heteroatoms. The summed E-state index contributed by atoms with van der Waals surface area (Å²) in [5.74, 6) is -0.194. The van der Waals surface area contributed by atoms with Crippen LogP contribution in [0.5, 0.6) is 0 Å². The summed E-state index contributed by atoms with van der Waals surface area (Å²) in [7, 11) is 1.53. The highest BCUT2D eigenvalue weighted by Gasteiger charge is 2.48. The van der Waals surface area contributed by atoms with Crippen molar-refractivity contribution in [3.05, 3.63) is 0 Å². The van der Waals surface area contributed by atoms with Gasteiger partial charge in [-0.05, 0) is 19.3 Å². The van der Waals surface area contributed by atoms with Crippen molar-refractivity contribution in [1.29, 1.82) is 0 Å². The largest absolute Gasteiger partial charge is 0.382 e. The number of carbonyl (C=O) groups excluding carboxylic acids is 2. The first-order chi connectivity index (χ1) is 6.68. The quantitative estimate of drug-likeness (QED) is 0.608. The molecule has 3 aliphatic rings. The molecule has 0 aromatic rings. The van der Waals surface area contributed by atoms with Crippen LogP contribution >= 0.6 is 0 Å². The molecular weight excluding hydrogens is 184 g/mol. The Bertz CT molecular complexity index is 279. The van der Waals surface area contributed by atoms with Crippen LogP contribution in [0.3, 0.4) is 0 Å². The van der Waals surface area contributed by atoms with E-state index in [1.165, 1.54) is 7.11 Å². The van der Waals surface area contributed by atoms with E-state index in [9.17, 15) is 9.59 Å². The SMILES string of the molecule is COC[C@]12CCC[C@@H](NC1=O)C(=O)N2. The molecule has 0 aromatic heterocycles. The Morgan fingerprint density at radius 2 is 2.36 bits per heavy atom. The van der Waals surface area contributed by atoms with E-state index in [1.807, 2.05) is 0 Å². The number of hydrogen-bond donors (Lipinski definition) is 2. The molecule has 2 atom stereocenters. The fourth-order valence-corrected chi connectivity index (χ4v) is 2.15. The van der Waals surface area contributed by atoms with Gasteiger partial charge in [-0.15, -0.1) is 0 Å². The van der Waals surface area contributed by atoms with E-state index in [2.05, 4.69) is 10.6 Å². The van der Waals surface area contributed by atoms with Gasteiger partial charge in [0, 0.05) is 7.11 Å². The molecule has 0 aliphatic carbocycles. The third-order valence-corrected chi connectivity index (χ3v) is 2.91. The van der Waals surface area contributed by atoms with Gasteiger partial charge in [0.1, 0.15) is 11.6 Å². The first kappa shape index (κ1) is 9.45. The molecule has 2 bridgehead atoms. The van der Waals surface area contributed by atoms with E-state index < -0.39 is 5.54 Å². The monoisotopic (exact) mass is 198 g/mol. The number of nitrogens with one attached hydrogen (secondary N) is 2. The minimum atomic E-state index is -0.821. The molecule has 3 rings (SSSR count). The Kier molecular flexibility index (Phi) is 2.19. The van der Waals surface area contributed by atoms with Gasteiger partial charge in [0.2, 0.25) is 11.8 Å². The molecule has 14 heavy (non-hydrogen) atoms. The molecule has 0 unspecified atom stereocenters. The Balaban J connectivity index is 2.28. The van der Waals surface area contributed by atoms with Crippen molar-refractivity contribution in [1.82, 2.24) is 10.6 Å². The maximum Gasteiger partial charge on any atom is 0.248 e. The lowest BCUT2D eigenvalue weighted by Crippen LogP contribution is -2.69. The standard InChI is InChI=1S/C9H14N2O3/c1-14-5-9-4-2-3-6(7(12)11-9)10-8(9)13/h6H,2-5H2,1H3,(H,10,13)(H,11,12)/t6-,9-/m1/s1. The summed E-state index contributed by atoms with van der Waals surface area (Å²) in [4.78, 5) is 23.2. The topological polar surface area (TPSA) is 67.4 Å². The van der Waals surface area contributed by atoms with Crippen LogP contribution < -0.4 is 10.6 Å². The van der Waals surface area contributed by atoms with E-state index in [0.29, 0.717) is 6.42 Å². The average Bonchev–Trinajstić information content (AvgIpc) is 2.36. The zero-order valence-corrected chi connectivity index (χ0v) is 8.13. The van der Waals surface area contributed by atoms with E-state index in [-0.39, 0.29) is 24.5 Å². The van der Waals surface area contributed by atoms with Crippen molar-refractivity contribution in [3.8, 4) is 0 Å². The van der Waals surface area contributed by atoms with Crippen molar-refractivity contribution in [2.24, 2.45) is 0 Å². The van der Waals surface area contributed by atoms with E-state index in [4.69, 9.17) is 4.74 Å². The minimum absolute atomic E-state index is 0.0841. The van der Waals surface area contributed by atoms with Crippen LogP contribution in [0.1, 0.15) is 19.3 Å². The van der Waals surface area contributed by atoms with Crippen LogP contribution in [-0.4, -0.2) is 37.1 Å². The van der Waals surface area contributed by atoms with Crippen LogP contribution in [-0.2, 0) is 14.3 Å². The number of amides is 2. The number of carbonyl (C=O) groups is 2. The first-order valence-corrected chi connectivity index (χ1v) is 4.80. The van der Waals surface area contributed by atoms with Crippen molar-refractivity contribution in [3.63, 3.8) is 0 Å². The fourth-order valence-electron chi connectivity index (χ4n) is 2.15. The van der Waals surface area contributed by atoms with Crippen LogP contribution in [0.15, 0.2) is 0 Å². The second-order valence-electron chi connectivity index (χ2n) is 3.92. The fraction of sp³-hybridized carbons (Fsp3) is 0.778. The maximum atomic E-state index is 11.7. The number of fused-ring (bicyclic) bond motifs is 4. The predicted octanol–water partition coefficient (Wildman–Crippen LogP) is -0.830. The van der Waals surface area contributed by atoms with Crippen LogP contribution in [0.4, 0.5) is 0 Å². The van der Waals surface area contributed by atoms with Gasteiger partial charge >= 0.3 is 0 Å². The van der Waals surface area contributed by atoms with Gasteiger partial charge in [0.05, 0.1) is 6.61 Å². The molecule has 3 aliphatic heterocycles. The highest BCUT2D eigenvalue weighted by molar-refractivity contribution is 6.00. The number of piperazine rings is 1. The Labute approximate surface area is 82.2 Å². The number of rotatable bonds is 2. The number of ether oxygens (including phenoxy) is 1. The van der Waals surface area contributed by atoms with E-state index in [1.54, 1.807) is 0 Å². The molecule has 2 amide bonds. The lowest BCUT2D eigenvalue weighted by atomic mass is 9.93. The van der Waals surface area contributed by atoms with Gasteiger partial charge < -0.3 is 15.4 Å². The summed E-state index contributed by atoms with van der Waals surface area (Å²) in [5.41, 5.74) is -0.821. The Morgan fingerprint density at radius 1 is 1.57 bits per heavy atom. The molecule has 3 heterocycles. The van der Waals surface area contributed by atoms with Gasteiger partial charge in [-0.25, -0.2) is 0 Å². The number of methoxy groups -OCH3 is 1. The maximum absolute atomic E-state index is 11.7. The molecule has 0 aromatic carbocycles. The highest BCUT2D eigenvalue weighted by atomic mass is 16.5. The van der Waals surface area contributed by atoms with Crippen LogP contribution in [0.25, 0.3) is 0 Å². The second kappa shape index (κ2) is 3.24. The molecule has 5 nitrogen and oxygen atoms in total. The number of hydrogen-bond acceptors (Lipinski definition) is 3. The summed E-state index contributed by atoms with van der Waals surface area (Å²) in [5, 5.41) is 5.49. The van der Waals surface area contributed by atoms with Crippen LogP contribution in [0.2, 0.25) is 0 Å². The molecule has 0 spiro atoms. The Morgan fingerprint density at radius 3 is 3.07 bits per heavy atom. The summed E-state index contributed by atoms with van der Waals surface area (Å²) >= 11 is 0. The van der Waals surface area contributed by atoms with Crippen molar-refractivity contribution < 1.29 is 14.3 Å². The molecule has 0 saturated carbocycles. The Hall–Kier alpha value is -1.10. The van der Waals surface area contributed by atoms with Gasteiger partial charge in [-0.2, -0.15) is 0 Å². The summed E-state index contributed by atoms with van der Waals surface area (Å²) in [6, 6.07) is -0.338. The smallest absolute Gasteiger partial charge is 0.248 e. The summed E-state index contributed by atoms with van der Waals surface area (Å²) in [6.07, 6.45) is 2.25. The third-order valence-electron chi connectivity index (χ3n) is 2.91. The van der Waals surface area contributed by atoms with Crippen LogP contribution in [0, 0.1) is 0 Å². The summed E-state index contributed by atoms with van der Waals surface area (Å²) < 4.78 is 5.00. The molecule has 2 N–H and O–H groups in total. The van der Waals surface area contributed by atoms with Crippen molar-refractivity contribution >= 4 is 11.8 Å². The lowest BCUT2D eigenvalue weighted by Gasteiger charge is -2.35. The third kappa shape index (κ3) is 1.28. The van der Waals surface area contributed by atoms with E-state index in [0.717, 1.165) is 12.8 Å². The molecule has 78 valence electrons. The first-order valence-electron chi connectivity index (χ1n) is 4.80. The zero-order chi connectivity index (χ0) is 10.2. The van der Waals surface area contributed by atoms with Crippen molar-refractivity contribution in [2.75, 3.05) is 13.7 Å². The normalized spacial score (nSPS) is 36.2.